The van der Waals surface area contributed by atoms with Crippen molar-refractivity contribution in [3.05, 3.63) is 0 Å². The van der Waals surface area contributed by atoms with E-state index >= 15 is 0 Å². The van der Waals surface area contributed by atoms with Crippen LogP contribution in [-0.4, -0.2) is 96.1 Å². The van der Waals surface area contributed by atoms with E-state index in [-0.39, 0.29) is 18.4 Å². The van der Waals surface area contributed by atoms with Crippen molar-refractivity contribution < 1.29 is 19.7 Å². The molecule has 2 saturated heterocycles. The maximum Gasteiger partial charge on any atom is 0.230 e. The van der Waals surface area contributed by atoms with Crippen LogP contribution in [0.2, 0.25) is 0 Å². The van der Waals surface area contributed by atoms with E-state index in [9.17, 15) is 15.0 Å². The topological polar surface area (TPSA) is 85.3 Å². The number of carbonyl (C=O) groups excluding carboxylic acids is 1. The maximum absolute atomic E-state index is 13.9. The lowest BCUT2D eigenvalue weighted by Crippen LogP contribution is -2.58. The second-order valence-electron chi connectivity index (χ2n) is 12.5. The summed E-state index contributed by atoms with van der Waals surface area (Å²) in [5, 5.41) is 25.3. The number of likely N-dealkylation sites (tertiary alicyclic amines) is 2. The number of aliphatic hydroxyl groups is 2. The number of nitrogens with zero attached hydrogens (tertiary/aromatic N) is 2. The summed E-state index contributed by atoms with van der Waals surface area (Å²) in [5.74, 6) is 1.26. The molecule has 0 radical (unpaired) electrons. The Hall–Kier alpha value is -0.730. The second-order valence-corrected chi connectivity index (χ2v) is 12.5. The summed E-state index contributed by atoms with van der Waals surface area (Å²) in [4.78, 5) is 18.3. The molecule has 0 aromatic rings. The highest BCUT2D eigenvalue weighted by Gasteiger charge is 2.46. The molecule has 2 heterocycles. The fourth-order valence-electron chi connectivity index (χ4n) is 7.94. The number of hydrogen-bond donors (Lipinski definition) is 3. The van der Waals surface area contributed by atoms with Crippen molar-refractivity contribution >= 4 is 5.91 Å². The van der Waals surface area contributed by atoms with Gasteiger partial charge in [0, 0.05) is 51.2 Å². The number of piperidine rings is 1. The SMILES string of the molecule is CN1CCC(NC2CCCC3CCN(C(=O)C4C(O)CC(O)CC4OCC4CCCCC4)CC32)C1. The molecule has 35 heavy (non-hydrogen) atoms. The van der Waals surface area contributed by atoms with Crippen LogP contribution in [0.3, 0.4) is 0 Å². The Morgan fingerprint density at radius 2 is 1.77 bits per heavy atom. The first-order valence-corrected chi connectivity index (χ1v) is 14.7. The Morgan fingerprint density at radius 1 is 0.943 bits per heavy atom. The van der Waals surface area contributed by atoms with E-state index in [1.807, 2.05) is 4.90 Å². The molecule has 1 amide bonds. The zero-order chi connectivity index (χ0) is 24.4. The van der Waals surface area contributed by atoms with E-state index < -0.39 is 18.1 Å². The number of aliphatic hydroxyl groups excluding tert-OH is 2. The molecule has 0 bridgehead atoms. The standard InChI is InChI=1S/C28H49N3O4/c1-30-12-11-21(16-30)29-24-9-5-8-20-10-13-31(17-23(20)24)28(34)27-25(33)14-22(32)15-26(27)35-18-19-6-3-2-4-7-19/h19-27,29,32-33H,2-18H2,1H3. The van der Waals surface area contributed by atoms with Crippen LogP contribution < -0.4 is 5.32 Å². The first kappa shape index (κ1) is 25.9. The molecular formula is C28H49N3O4. The molecule has 5 aliphatic rings. The third-order valence-corrected chi connectivity index (χ3v) is 9.96. The molecule has 5 rings (SSSR count). The lowest BCUT2D eigenvalue weighted by molar-refractivity contribution is -0.162. The summed E-state index contributed by atoms with van der Waals surface area (Å²) in [5.41, 5.74) is 0. The number of carbonyl (C=O) groups is 1. The highest BCUT2D eigenvalue weighted by molar-refractivity contribution is 5.80. The summed E-state index contributed by atoms with van der Waals surface area (Å²) in [6.07, 6.45) is 11.2. The molecule has 3 N–H and O–H groups in total. The summed E-state index contributed by atoms with van der Waals surface area (Å²) >= 11 is 0. The average Bonchev–Trinajstić information content (AvgIpc) is 3.27. The number of nitrogens with one attached hydrogen (secondary N) is 1. The molecule has 8 unspecified atom stereocenters. The molecule has 0 spiro atoms. The van der Waals surface area contributed by atoms with E-state index in [1.54, 1.807) is 0 Å². The average molecular weight is 492 g/mol. The predicted octanol–water partition coefficient (Wildman–Crippen LogP) is 2.39. The molecule has 5 fully saturated rings. The Kier molecular flexibility index (Phi) is 8.70. The number of likely N-dealkylation sites (N-methyl/N-ethyl adjacent to an activating group) is 1. The van der Waals surface area contributed by atoms with Crippen LogP contribution in [0.5, 0.6) is 0 Å². The summed E-state index contributed by atoms with van der Waals surface area (Å²) in [7, 11) is 2.20. The molecule has 3 saturated carbocycles. The van der Waals surface area contributed by atoms with E-state index in [0.717, 1.165) is 32.6 Å². The van der Waals surface area contributed by atoms with Gasteiger partial charge in [0.1, 0.15) is 0 Å². The molecule has 200 valence electrons. The molecule has 7 nitrogen and oxygen atoms in total. The van der Waals surface area contributed by atoms with Gasteiger partial charge in [0.05, 0.1) is 24.2 Å². The van der Waals surface area contributed by atoms with Crippen molar-refractivity contribution in [3.63, 3.8) is 0 Å². The van der Waals surface area contributed by atoms with Gasteiger partial charge in [0.2, 0.25) is 5.91 Å². The second kappa shape index (κ2) is 11.8. The van der Waals surface area contributed by atoms with E-state index in [4.69, 9.17) is 4.74 Å². The molecule has 7 heteroatoms. The minimum atomic E-state index is -0.824. The first-order valence-electron chi connectivity index (χ1n) is 14.7. The summed E-state index contributed by atoms with van der Waals surface area (Å²) in [6.45, 7) is 4.52. The Balaban J connectivity index is 1.23. The van der Waals surface area contributed by atoms with Crippen molar-refractivity contribution in [3.8, 4) is 0 Å². The van der Waals surface area contributed by atoms with E-state index in [2.05, 4.69) is 17.3 Å². The van der Waals surface area contributed by atoms with Gasteiger partial charge >= 0.3 is 0 Å². The molecule has 3 aliphatic carbocycles. The molecule has 0 aromatic heterocycles. The first-order chi connectivity index (χ1) is 17.0. The van der Waals surface area contributed by atoms with Crippen LogP contribution in [0.4, 0.5) is 0 Å². The van der Waals surface area contributed by atoms with Crippen LogP contribution in [-0.2, 0) is 9.53 Å². The minimum Gasteiger partial charge on any atom is -0.393 e. The zero-order valence-corrected chi connectivity index (χ0v) is 21.8. The number of rotatable bonds is 6. The Bertz CT molecular complexity index is 702. The number of amides is 1. The Morgan fingerprint density at radius 3 is 2.54 bits per heavy atom. The van der Waals surface area contributed by atoms with Crippen molar-refractivity contribution in [2.45, 2.75) is 107 Å². The molecule has 2 aliphatic heterocycles. The number of hydrogen-bond acceptors (Lipinski definition) is 6. The quantitative estimate of drug-likeness (QED) is 0.529. The normalized spacial score (nSPS) is 41.6. The fraction of sp³-hybridized carbons (Fsp3) is 0.964. The van der Waals surface area contributed by atoms with E-state index in [0.29, 0.717) is 42.9 Å². The van der Waals surface area contributed by atoms with Gasteiger partial charge in [0.15, 0.2) is 0 Å². The zero-order valence-electron chi connectivity index (χ0n) is 21.8. The molecule has 0 aromatic carbocycles. The third-order valence-electron chi connectivity index (χ3n) is 9.96. The van der Waals surface area contributed by atoms with Crippen LogP contribution in [0.25, 0.3) is 0 Å². The molecule has 8 atom stereocenters. The lowest BCUT2D eigenvalue weighted by atomic mass is 9.71. The predicted molar refractivity (Wildman–Crippen MR) is 136 cm³/mol. The van der Waals surface area contributed by atoms with Crippen molar-refractivity contribution in [2.24, 2.45) is 23.7 Å². The van der Waals surface area contributed by atoms with Gasteiger partial charge in [-0.15, -0.1) is 0 Å². The van der Waals surface area contributed by atoms with E-state index in [1.165, 1.54) is 57.8 Å². The molecular weight excluding hydrogens is 442 g/mol. The van der Waals surface area contributed by atoms with Gasteiger partial charge in [-0.05, 0) is 69.9 Å². The number of ether oxygens (including phenoxy) is 1. The Labute approximate surface area is 211 Å². The van der Waals surface area contributed by atoms with Crippen molar-refractivity contribution in [1.82, 2.24) is 15.1 Å². The lowest BCUT2D eigenvalue weighted by Gasteiger charge is -2.48. The summed E-state index contributed by atoms with van der Waals surface area (Å²) in [6, 6.07) is 1.05. The fourth-order valence-corrected chi connectivity index (χ4v) is 7.94. The van der Waals surface area contributed by atoms with Gasteiger partial charge in [-0.2, -0.15) is 0 Å². The van der Waals surface area contributed by atoms with Crippen molar-refractivity contribution in [2.75, 3.05) is 39.8 Å². The van der Waals surface area contributed by atoms with Gasteiger partial charge in [0.25, 0.3) is 0 Å². The van der Waals surface area contributed by atoms with Gasteiger partial charge in [-0.1, -0.05) is 25.7 Å². The summed E-state index contributed by atoms with van der Waals surface area (Å²) < 4.78 is 6.33. The van der Waals surface area contributed by atoms with Crippen LogP contribution >= 0.6 is 0 Å². The highest BCUT2D eigenvalue weighted by atomic mass is 16.5. The van der Waals surface area contributed by atoms with Crippen LogP contribution in [0.15, 0.2) is 0 Å². The smallest absolute Gasteiger partial charge is 0.230 e. The third kappa shape index (κ3) is 6.23. The van der Waals surface area contributed by atoms with Gasteiger partial charge in [-0.25, -0.2) is 0 Å². The largest absolute Gasteiger partial charge is 0.393 e. The van der Waals surface area contributed by atoms with Crippen LogP contribution in [0, 0.1) is 23.7 Å². The minimum absolute atomic E-state index is 0.0569. The maximum atomic E-state index is 13.9. The number of fused-ring (bicyclic) bond motifs is 1. The van der Waals surface area contributed by atoms with Gasteiger partial charge < -0.3 is 30.1 Å². The highest BCUT2D eigenvalue weighted by Crippen LogP contribution is 2.39. The van der Waals surface area contributed by atoms with Gasteiger partial charge in [-0.3, -0.25) is 4.79 Å². The van der Waals surface area contributed by atoms with Crippen molar-refractivity contribution in [1.29, 1.82) is 0 Å². The monoisotopic (exact) mass is 491 g/mol. The van der Waals surface area contributed by atoms with Crippen LogP contribution in [0.1, 0.15) is 77.0 Å².